The van der Waals surface area contributed by atoms with Crippen LogP contribution < -0.4 is 0 Å². The molecule has 2 saturated carbocycles. The molecule has 2 nitrogen and oxygen atoms in total. The van der Waals surface area contributed by atoms with Crippen molar-refractivity contribution in [2.75, 3.05) is 0 Å². The summed E-state index contributed by atoms with van der Waals surface area (Å²) in [5.74, 6) is 3.08. The van der Waals surface area contributed by atoms with Crippen molar-refractivity contribution in [1.82, 2.24) is 0 Å². The molecular formula is C20H40O2. The van der Waals surface area contributed by atoms with Crippen molar-refractivity contribution in [3.05, 3.63) is 0 Å². The molecule has 2 rings (SSSR count). The van der Waals surface area contributed by atoms with Crippen LogP contribution in [0.1, 0.15) is 92.9 Å². The SMILES string of the molecule is CC(C)C1CCC(C)(O)CC1.CC1CCC(C(C)(C)O)CC1. The molecule has 0 bridgehead atoms. The van der Waals surface area contributed by atoms with E-state index in [1.54, 1.807) is 0 Å². The minimum Gasteiger partial charge on any atom is -0.390 e. The van der Waals surface area contributed by atoms with Crippen LogP contribution in [0.15, 0.2) is 0 Å². The van der Waals surface area contributed by atoms with Gasteiger partial charge in [-0.25, -0.2) is 0 Å². The molecule has 0 aromatic heterocycles. The summed E-state index contributed by atoms with van der Waals surface area (Å²) in [4.78, 5) is 0. The van der Waals surface area contributed by atoms with Crippen LogP contribution in [0, 0.1) is 23.7 Å². The Hall–Kier alpha value is -0.0800. The molecule has 22 heavy (non-hydrogen) atoms. The van der Waals surface area contributed by atoms with Gasteiger partial charge in [-0.3, -0.25) is 0 Å². The molecule has 2 heteroatoms. The van der Waals surface area contributed by atoms with Gasteiger partial charge in [0.05, 0.1) is 11.2 Å². The molecule has 0 aromatic carbocycles. The second-order valence-electron chi connectivity index (χ2n) is 9.19. The Balaban J connectivity index is 0.000000220. The third-order valence-corrected chi connectivity index (χ3v) is 6.07. The van der Waals surface area contributed by atoms with Gasteiger partial charge in [-0.15, -0.1) is 0 Å². The molecule has 0 saturated heterocycles. The van der Waals surface area contributed by atoms with Gasteiger partial charge in [0.25, 0.3) is 0 Å². The van der Waals surface area contributed by atoms with Gasteiger partial charge in [-0.05, 0) is 83.0 Å². The summed E-state index contributed by atoms with van der Waals surface area (Å²) in [7, 11) is 0. The molecule has 2 aliphatic carbocycles. The first kappa shape index (κ1) is 20.0. The lowest BCUT2D eigenvalue weighted by molar-refractivity contribution is -0.00470. The minimum absolute atomic E-state index is 0.356. The third-order valence-electron chi connectivity index (χ3n) is 6.07. The van der Waals surface area contributed by atoms with Crippen molar-refractivity contribution in [2.45, 2.75) is 104 Å². The van der Waals surface area contributed by atoms with E-state index in [9.17, 15) is 10.2 Å². The second-order valence-corrected chi connectivity index (χ2v) is 9.19. The van der Waals surface area contributed by atoms with Crippen molar-refractivity contribution >= 4 is 0 Å². The van der Waals surface area contributed by atoms with Gasteiger partial charge in [-0.2, -0.15) is 0 Å². The lowest BCUT2D eigenvalue weighted by Gasteiger charge is -2.34. The van der Waals surface area contributed by atoms with E-state index < -0.39 is 5.60 Å². The maximum absolute atomic E-state index is 9.73. The minimum atomic E-state index is -0.444. The fourth-order valence-corrected chi connectivity index (χ4v) is 3.90. The average molecular weight is 313 g/mol. The van der Waals surface area contributed by atoms with Gasteiger partial charge in [0, 0.05) is 0 Å². The molecule has 2 N–H and O–H groups in total. The van der Waals surface area contributed by atoms with Crippen molar-refractivity contribution in [3.63, 3.8) is 0 Å². The van der Waals surface area contributed by atoms with Crippen LogP contribution in [0.5, 0.6) is 0 Å². The molecule has 0 aliphatic heterocycles. The Bertz CT molecular complexity index is 296. The maximum atomic E-state index is 9.73. The van der Waals surface area contributed by atoms with Crippen LogP contribution in [-0.2, 0) is 0 Å². The van der Waals surface area contributed by atoms with Crippen LogP contribution >= 0.6 is 0 Å². The number of aliphatic hydroxyl groups is 2. The van der Waals surface area contributed by atoms with E-state index in [0.29, 0.717) is 5.92 Å². The van der Waals surface area contributed by atoms with Crippen LogP contribution in [0.3, 0.4) is 0 Å². The molecule has 132 valence electrons. The van der Waals surface area contributed by atoms with E-state index in [4.69, 9.17) is 0 Å². The van der Waals surface area contributed by atoms with Crippen LogP contribution in [-0.4, -0.2) is 21.4 Å². The van der Waals surface area contributed by atoms with E-state index in [1.807, 2.05) is 20.8 Å². The first-order valence-electron chi connectivity index (χ1n) is 9.46. The summed E-state index contributed by atoms with van der Waals surface area (Å²) < 4.78 is 0. The topological polar surface area (TPSA) is 40.5 Å². The lowest BCUT2D eigenvalue weighted by Crippen LogP contribution is -2.33. The standard InChI is InChI=1S/2C10H20O/c1-8-4-6-9(7-5-8)10(2,3)11;1-8(2)9-4-6-10(3,11)7-5-9/h2*8-9,11H,4-7H2,1-3H3. The molecule has 0 atom stereocenters. The Morgan fingerprint density at radius 1 is 0.955 bits per heavy atom. The Morgan fingerprint density at radius 2 is 1.41 bits per heavy atom. The fourth-order valence-electron chi connectivity index (χ4n) is 3.90. The van der Waals surface area contributed by atoms with Gasteiger partial charge in [0.15, 0.2) is 0 Å². The molecule has 2 aliphatic rings. The normalized spacial score (nSPS) is 36.7. The summed E-state index contributed by atoms with van der Waals surface area (Å²) in [6, 6.07) is 0. The highest BCUT2D eigenvalue weighted by atomic mass is 16.3. The monoisotopic (exact) mass is 312 g/mol. The van der Waals surface area contributed by atoms with Gasteiger partial charge in [0.2, 0.25) is 0 Å². The summed E-state index contributed by atoms with van der Waals surface area (Å²) in [6.07, 6.45) is 9.44. The highest BCUT2D eigenvalue weighted by Gasteiger charge is 2.30. The predicted molar refractivity (Wildman–Crippen MR) is 94.8 cm³/mol. The Morgan fingerprint density at radius 3 is 1.77 bits per heavy atom. The first-order chi connectivity index (χ1) is 10.0. The van der Waals surface area contributed by atoms with Crippen LogP contribution in [0.25, 0.3) is 0 Å². The zero-order valence-electron chi connectivity index (χ0n) is 15.9. The summed E-state index contributed by atoms with van der Waals surface area (Å²) in [5, 5.41) is 19.4. The van der Waals surface area contributed by atoms with E-state index in [2.05, 4.69) is 20.8 Å². The van der Waals surface area contributed by atoms with Gasteiger partial charge >= 0.3 is 0 Å². The van der Waals surface area contributed by atoms with E-state index >= 15 is 0 Å². The van der Waals surface area contributed by atoms with Crippen molar-refractivity contribution in [2.24, 2.45) is 23.7 Å². The summed E-state index contributed by atoms with van der Waals surface area (Å²) in [5.41, 5.74) is -0.800. The number of hydrogen-bond donors (Lipinski definition) is 2. The largest absolute Gasteiger partial charge is 0.390 e. The highest BCUT2D eigenvalue weighted by molar-refractivity contribution is 4.82. The Kier molecular flexibility index (Phi) is 7.39. The predicted octanol–water partition coefficient (Wildman–Crippen LogP) is 5.17. The van der Waals surface area contributed by atoms with E-state index in [-0.39, 0.29) is 5.60 Å². The first-order valence-corrected chi connectivity index (χ1v) is 9.46. The molecule has 0 unspecified atom stereocenters. The molecule has 0 radical (unpaired) electrons. The molecule has 0 amide bonds. The second kappa shape index (κ2) is 8.15. The smallest absolute Gasteiger partial charge is 0.0620 e. The van der Waals surface area contributed by atoms with Gasteiger partial charge < -0.3 is 10.2 Å². The average Bonchev–Trinajstić information content (AvgIpc) is 2.38. The van der Waals surface area contributed by atoms with Gasteiger partial charge in [-0.1, -0.05) is 33.6 Å². The summed E-state index contributed by atoms with van der Waals surface area (Å²) in [6.45, 7) is 12.7. The molecular weight excluding hydrogens is 272 g/mol. The molecule has 0 spiro atoms. The third kappa shape index (κ3) is 7.00. The lowest BCUT2D eigenvalue weighted by atomic mass is 9.75. The van der Waals surface area contributed by atoms with Crippen molar-refractivity contribution in [3.8, 4) is 0 Å². The van der Waals surface area contributed by atoms with Gasteiger partial charge in [0.1, 0.15) is 0 Å². The zero-order valence-corrected chi connectivity index (χ0v) is 15.9. The van der Waals surface area contributed by atoms with E-state index in [0.717, 1.165) is 30.6 Å². The molecule has 0 aromatic rings. The highest BCUT2D eigenvalue weighted by Crippen LogP contribution is 2.35. The van der Waals surface area contributed by atoms with E-state index in [1.165, 1.54) is 38.5 Å². The van der Waals surface area contributed by atoms with Crippen LogP contribution in [0.2, 0.25) is 0 Å². The zero-order chi connectivity index (χ0) is 17.0. The number of hydrogen-bond acceptors (Lipinski definition) is 2. The molecule has 0 heterocycles. The summed E-state index contributed by atoms with van der Waals surface area (Å²) >= 11 is 0. The fraction of sp³-hybridized carbons (Fsp3) is 1.00. The van der Waals surface area contributed by atoms with Crippen molar-refractivity contribution < 1.29 is 10.2 Å². The molecule has 2 fully saturated rings. The number of rotatable bonds is 2. The Labute approximate surface area is 138 Å². The van der Waals surface area contributed by atoms with Crippen molar-refractivity contribution in [1.29, 1.82) is 0 Å². The quantitative estimate of drug-likeness (QED) is 0.738. The van der Waals surface area contributed by atoms with Crippen LogP contribution in [0.4, 0.5) is 0 Å². The maximum Gasteiger partial charge on any atom is 0.0620 e.